The van der Waals surface area contributed by atoms with E-state index < -0.39 is 0 Å². The van der Waals surface area contributed by atoms with Crippen molar-refractivity contribution in [2.75, 3.05) is 37.4 Å². The van der Waals surface area contributed by atoms with Gasteiger partial charge in [-0.1, -0.05) is 0 Å². The Hall–Kier alpha value is -1.85. The van der Waals surface area contributed by atoms with Gasteiger partial charge in [-0.05, 0) is 19.4 Å². The average molecular weight is 263 g/mol. The first-order valence-electron chi connectivity index (χ1n) is 6.61. The maximum atomic E-state index is 11.6. The summed E-state index contributed by atoms with van der Waals surface area (Å²) in [6.45, 7) is 3.65. The van der Waals surface area contributed by atoms with E-state index in [4.69, 9.17) is 0 Å². The number of hydrogen-bond acceptors (Lipinski definition) is 5. The van der Waals surface area contributed by atoms with Crippen molar-refractivity contribution in [3.63, 3.8) is 0 Å². The highest BCUT2D eigenvalue weighted by molar-refractivity contribution is 5.78. The monoisotopic (exact) mass is 263 g/mol. The molecule has 1 amide bonds. The summed E-state index contributed by atoms with van der Waals surface area (Å²) in [5.74, 6) is 1.72. The fourth-order valence-corrected chi connectivity index (χ4v) is 2.17. The highest BCUT2D eigenvalue weighted by Gasteiger charge is 2.21. The van der Waals surface area contributed by atoms with Gasteiger partial charge >= 0.3 is 0 Å². The fraction of sp³-hybridized carbons (Fsp3) is 0.615. The number of carbonyl (C=O) groups is 1. The molecule has 0 aromatic carbocycles. The van der Waals surface area contributed by atoms with Crippen LogP contribution in [0.2, 0.25) is 0 Å². The minimum Gasteiger partial charge on any atom is -0.366 e. The third kappa shape index (κ3) is 3.56. The second-order valence-electron chi connectivity index (χ2n) is 5.13. The summed E-state index contributed by atoms with van der Waals surface area (Å²) >= 11 is 0. The lowest BCUT2D eigenvalue weighted by Crippen LogP contribution is -2.35. The molecule has 1 aliphatic heterocycles. The van der Waals surface area contributed by atoms with Crippen LogP contribution in [0.3, 0.4) is 0 Å². The molecule has 1 aromatic rings. The third-order valence-corrected chi connectivity index (χ3v) is 3.10. The Morgan fingerprint density at radius 1 is 1.53 bits per heavy atom. The van der Waals surface area contributed by atoms with E-state index in [1.54, 1.807) is 6.20 Å². The van der Waals surface area contributed by atoms with Gasteiger partial charge in [0.25, 0.3) is 0 Å². The molecule has 19 heavy (non-hydrogen) atoms. The molecular formula is C13H21N5O. The summed E-state index contributed by atoms with van der Waals surface area (Å²) in [6, 6.07) is 2.02. The van der Waals surface area contributed by atoms with Crippen LogP contribution in [0.4, 0.5) is 11.8 Å². The first-order chi connectivity index (χ1) is 9.06. The predicted octanol–water partition coefficient (Wildman–Crippen LogP) is 0.965. The van der Waals surface area contributed by atoms with Crippen molar-refractivity contribution in [2.24, 2.45) is 0 Å². The van der Waals surface area contributed by atoms with Crippen LogP contribution in [-0.4, -0.2) is 54.0 Å². The summed E-state index contributed by atoms with van der Waals surface area (Å²) < 4.78 is 0. The molecule has 0 spiro atoms. The van der Waals surface area contributed by atoms with Crippen LogP contribution in [0.5, 0.6) is 0 Å². The standard InChI is InChI=1S/C13H21N5O/c1-10(9-18-8-4-5-12(18)19)15-11-6-7-14-13(16-11)17(2)3/h6-7,10H,4-5,8-9H2,1-3H3,(H,14,15,16). The highest BCUT2D eigenvalue weighted by atomic mass is 16.2. The van der Waals surface area contributed by atoms with Gasteiger partial charge in [-0.2, -0.15) is 4.98 Å². The number of aromatic nitrogens is 2. The molecular weight excluding hydrogens is 242 g/mol. The van der Waals surface area contributed by atoms with E-state index >= 15 is 0 Å². The largest absolute Gasteiger partial charge is 0.366 e. The van der Waals surface area contributed by atoms with Crippen molar-refractivity contribution >= 4 is 17.7 Å². The molecule has 1 saturated heterocycles. The van der Waals surface area contributed by atoms with Crippen LogP contribution in [0.15, 0.2) is 12.3 Å². The Kier molecular flexibility index (Phi) is 4.19. The first kappa shape index (κ1) is 13.6. The average Bonchev–Trinajstić information content (AvgIpc) is 2.75. The third-order valence-electron chi connectivity index (χ3n) is 3.10. The number of nitrogens with one attached hydrogen (secondary N) is 1. The van der Waals surface area contributed by atoms with Crippen LogP contribution < -0.4 is 10.2 Å². The van der Waals surface area contributed by atoms with Gasteiger partial charge in [0.2, 0.25) is 11.9 Å². The van der Waals surface area contributed by atoms with Gasteiger partial charge in [-0.25, -0.2) is 4.98 Å². The van der Waals surface area contributed by atoms with Crippen molar-refractivity contribution in [3.8, 4) is 0 Å². The zero-order valence-corrected chi connectivity index (χ0v) is 11.8. The van der Waals surface area contributed by atoms with Gasteiger partial charge in [0.05, 0.1) is 0 Å². The summed E-state index contributed by atoms with van der Waals surface area (Å²) in [4.78, 5) is 23.9. The lowest BCUT2D eigenvalue weighted by molar-refractivity contribution is -0.127. The molecule has 1 fully saturated rings. The lowest BCUT2D eigenvalue weighted by atomic mass is 10.3. The van der Waals surface area contributed by atoms with E-state index in [2.05, 4.69) is 22.2 Å². The van der Waals surface area contributed by atoms with E-state index in [1.165, 1.54) is 0 Å². The summed E-state index contributed by atoms with van der Waals surface area (Å²) in [5.41, 5.74) is 0. The Balaban J connectivity index is 1.93. The number of amides is 1. The molecule has 1 unspecified atom stereocenters. The summed E-state index contributed by atoms with van der Waals surface area (Å²) in [6.07, 6.45) is 3.40. The number of anilines is 2. The van der Waals surface area contributed by atoms with Gasteiger partial charge in [0.1, 0.15) is 5.82 Å². The number of rotatable bonds is 5. The van der Waals surface area contributed by atoms with E-state index in [-0.39, 0.29) is 11.9 Å². The molecule has 1 atom stereocenters. The zero-order valence-electron chi connectivity index (χ0n) is 11.8. The molecule has 6 nitrogen and oxygen atoms in total. The highest BCUT2D eigenvalue weighted by Crippen LogP contribution is 2.13. The molecule has 1 aromatic heterocycles. The SMILES string of the molecule is CC(CN1CCCC1=O)Nc1ccnc(N(C)C)n1. The van der Waals surface area contributed by atoms with E-state index in [9.17, 15) is 4.79 Å². The molecule has 104 valence electrons. The van der Waals surface area contributed by atoms with Crippen molar-refractivity contribution in [2.45, 2.75) is 25.8 Å². The van der Waals surface area contributed by atoms with Crippen LogP contribution in [0, 0.1) is 0 Å². The molecule has 6 heteroatoms. The lowest BCUT2D eigenvalue weighted by Gasteiger charge is -2.22. The molecule has 0 saturated carbocycles. The van der Waals surface area contributed by atoms with Gasteiger partial charge in [0, 0.05) is 45.8 Å². The normalized spacial score (nSPS) is 16.6. The van der Waals surface area contributed by atoms with Gasteiger partial charge in [-0.3, -0.25) is 4.79 Å². The smallest absolute Gasteiger partial charge is 0.226 e. The number of hydrogen-bond donors (Lipinski definition) is 1. The Bertz CT molecular complexity index is 448. The van der Waals surface area contributed by atoms with Crippen LogP contribution >= 0.6 is 0 Å². The van der Waals surface area contributed by atoms with Crippen LogP contribution in [-0.2, 0) is 4.79 Å². The van der Waals surface area contributed by atoms with Crippen molar-refractivity contribution < 1.29 is 4.79 Å². The topological polar surface area (TPSA) is 61.4 Å². The Morgan fingerprint density at radius 3 is 2.95 bits per heavy atom. The molecule has 1 aliphatic rings. The molecule has 2 heterocycles. The van der Waals surface area contributed by atoms with Gasteiger partial charge in [-0.15, -0.1) is 0 Å². The second kappa shape index (κ2) is 5.86. The molecule has 0 radical (unpaired) electrons. The second-order valence-corrected chi connectivity index (χ2v) is 5.13. The zero-order chi connectivity index (χ0) is 13.8. The van der Waals surface area contributed by atoms with Crippen LogP contribution in [0.1, 0.15) is 19.8 Å². The molecule has 2 rings (SSSR count). The van der Waals surface area contributed by atoms with Crippen molar-refractivity contribution in [3.05, 3.63) is 12.3 Å². The Labute approximate surface area is 113 Å². The Morgan fingerprint density at radius 2 is 2.32 bits per heavy atom. The molecule has 0 aliphatic carbocycles. The molecule has 0 bridgehead atoms. The maximum absolute atomic E-state index is 11.6. The van der Waals surface area contributed by atoms with E-state index in [0.29, 0.717) is 12.4 Å². The van der Waals surface area contributed by atoms with E-state index in [0.717, 1.165) is 25.3 Å². The number of nitrogens with zero attached hydrogens (tertiary/aromatic N) is 4. The summed E-state index contributed by atoms with van der Waals surface area (Å²) in [5, 5.41) is 3.31. The van der Waals surface area contributed by atoms with Crippen molar-refractivity contribution in [1.82, 2.24) is 14.9 Å². The summed E-state index contributed by atoms with van der Waals surface area (Å²) in [7, 11) is 3.82. The van der Waals surface area contributed by atoms with E-state index in [1.807, 2.05) is 30.0 Å². The van der Waals surface area contributed by atoms with Gasteiger partial charge in [0.15, 0.2) is 0 Å². The van der Waals surface area contributed by atoms with Gasteiger partial charge < -0.3 is 15.1 Å². The minimum absolute atomic E-state index is 0.173. The maximum Gasteiger partial charge on any atom is 0.226 e. The fourth-order valence-electron chi connectivity index (χ4n) is 2.17. The minimum atomic E-state index is 0.173. The quantitative estimate of drug-likeness (QED) is 0.857. The first-order valence-corrected chi connectivity index (χ1v) is 6.61. The molecule has 1 N–H and O–H groups in total. The number of carbonyl (C=O) groups excluding carboxylic acids is 1. The van der Waals surface area contributed by atoms with Crippen molar-refractivity contribution in [1.29, 1.82) is 0 Å². The predicted molar refractivity (Wildman–Crippen MR) is 75.3 cm³/mol. The number of likely N-dealkylation sites (tertiary alicyclic amines) is 1. The van der Waals surface area contributed by atoms with Crippen LogP contribution in [0.25, 0.3) is 0 Å².